The van der Waals surface area contributed by atoms with Crippen molar-refractivity contribution in [1.82, 2.24) is 10.2 Å². The molecule has 1 aromatic heterocycles. The van der Waals surface area contributed by atoms with Gasteiger partial charge in [0.1, 0.15) is 0 Å². The predicted molar refractivity (Wildman–Crippen MR) is 80.6 cm³/mol. The van der Waals surface area contributed by atoms with Crippen molar-refractivity contribution in [2.24, 2.45) is 0 Å². The molecule has 5 nitrogen and oxygen atoms in total. The molecule has 1 amide bonds. The van der Waals surface area contributed by atoms with Gasteiger partial charge in [0.2, 0.25) is 5.91 Å². The second-order valence-electron chi connectivity index (χ2n) is 5.56. The number of hydrogen-bond donors (Lipinski definition) is 1. The van der Waals surface area contributed by atoms with Crippen molar-refractivity contribution in [3.63, 3.8) is 0 Å². The summed E-state index contributed by atoms with van der Waals surface area (Å²) in [7, 11) is 0. The van der Waals surface area contributed by atoms with Crippen LogP contribution in [-0.2, 0) is 9.53 Å². The highest BCUT2D eigenvalue weighted by Crippen LogP contribution is 2.29. The topological polar surface area (TPSA) is 58.6 Å². The summed E-state index contributed by atoms with van der Waals surface area (Å²) in [6, 6.07) is 4.00. The summed E-state index contributed by atoms with van der Waals surface area (Å²) in [6.07, 6.45) is 3.66. The Kier molecular flexibility index (Phi) is 4.67. The van der Waals surface area contributed by atoms with Gasteiger partial charge in [0.05, 0.1) is 30.7 Å². The monoisotopic (exact) mass is 308 g/mol. The molecule has 2 heterocycles. The lowest BCUT2D eigenvalue weighted by Gasteiger charge is -2.37. The molecule has 0 aromatic carbocycles. The van der Waals surface area contributed by atoms with Gasteiger partial charge < -0.3 is 10.1 Å². The number of carbonyl (C=O) groups is 2. The predicted octanol–water partition coefficient (Wildman–Crippen LogP) is 1.30. The second kappa shape index (κ2) is 6.68. The van der Waals surface area contributed by atoms with Crippen molar-refractivity contribution in [3.8, 4) is 0 Å². The number of nitrogens with one attached hydrogen (secondary N) is 1. The van der Waals surface area contributed by atoms with E-state index in [1.807, 2.05) is 11.4 Å². The Morgan fingerprint density at radius 1 is 1.43 bits per heavy atom. The van der Waals surface area contributed by atoms with E-state index >= 15 is 0 Å². The number of fused-ring (bicyclic) bond motifs is 1. The van der Waals surface area contributed by atoms with Crippen LogP contribution < -0.4 is 5.32 Å². The number of morpholine rings is 1. The first-order valence-corrected chi connectivity index (χ1v) is 8.31. The molecule has 1 aromatic rings. The fraction of sp³-hybridized carbons (Fsp3) is 0.600. The molecule has 0 unspecified atom stereocenters. The zero-order valence-electron chi connectivity index (χ0n) is 11.9. The van der Waals surface area contributed by atoms with Crippen molar-refractivity contribution in [2.75, 3.05) is 26.2 Å². The lowest BCUT2D eigenvalue weighted by molar-refractivity contribution is -0.126. The second-order valence-corrected chi connectivity index (χ2v) is 6.50. The summed E-state index contributed by atoms with van der Waals surface area (Å²) in [4.78, 5) is 26.8. The summed E-state index contributed by atoms with van der Waals surface area (Å²) in [5.74, 6) is -0.105. The number of ketones is 1. The minimum absolute atomic E-state index is 0.0286. The first-order valence-electron chi connectivity index (χ1n) is 7.43. The van der Waals surface area contributed by atoms with Crippen LogP contribution in [0, 0.1) is 0 Å². The quantitative estimate of drug-likeness (QED) is 0.833. The molecule has 114 valence electrons. The SMILES string of the molecule is O=C(CN1CCO[C@H]2CCC[C@@H]21)NCC(=O)c1cccs1. The highest BCUT2D eigenvalue weighted by atomic mass is 32.1. The van der Waals surface area contributed by atoms with Gasteiger partial charge in [0.25, 0.3) is 0 Å². The third-order valence-electron chi connectivity index (χ3n) is 4.19. The number of nitrogens with zero attached hydrogens (tertiary/aromatic N) is 1. The first-order chi connectivity index (χ1) is 10.2. The third-order valence-corrected chi connectivity index (χ3v) is 5.10. The molecule has 6 heteroatoms. The van der Waals surface area contributed by atoms with Crippen LogP contribution in [0.15, 0.2) is 17.5 Å². The van der Waals surface area contributed by atoms with Crippen molar-refractivity contribution in [2.45, 2.75) is 31.4 Å². The average Bonchev–Trinajstić information content (AvgIpc) is 3.16. The Hall–Kier alpha value is -1.24. The normalized spacial score (nSPS) is 25.5. The van der Waals surface area contributed by atoms with Gasteiger partial charge in [-0.15, -0.1) is 11.3 Å². The maximum Gasteiger partial charge on any atom is 0.234 e. The maximum absolute atomic E-state index is 12.0. The molecule has 1 N–H and O–H groups in total. The number of ether oxygens (including phenoxy) is 1. The van der Waals surface area contributed by atoms with Crippen LogP contribution in [-0.4, -0.2) is 55.0 Å². The third kappa shape index (κ3) is 3.51. The smallest absolute Gasteiger partial charge is 0.234 e. The molecule has 2 aliphatic rings. The van der Waals surface area contributed by atoms with E-state index in [0.717, 1.165) is 19.4 Å². The van der Waals surface area contributed by atoms with E-state index in [2.05, 4.69) is 10.2 Å². The molecular weight excluding hydrogens is 288 g/mol. The zero-order valence-corrected chi connectivity index (χ0v) is 12.7. The standard InChI is InChI=1S/C15H20N2O3S/c18-12(14-5-2-8-21-14)9-16-15(19)10-17-6-7-20-13-4-1-3-11(13)17/h2,5,8,11,13H,1,3-4,6-7,9-10H2,(H,16,19)/t11-,13-/m0/s1. The van der Waals surface area contributed by atoms with E-state index in [0.29, 0.717) is 30.2 Å². The number of carbonyl (C=O) groups excluding carboxylic acids is 2. The van der Waals surface area contributed by atoms with Crippen LogP contribution in [0.3, 0.4) is 0 Å². The Labute approximate surface area is 128 Å². The van der Waals surface area contributed by atoms with Crippen LogP contribution in [0.1, 0.15) is 28.9 Å². The minimum atomic E-state index is -0.0764. The largest absolute Gasteiger partial charge is 0.375 e. The summed E-state index contributed by atoms with van der Waals surface area (Å²) < 4.78 is 5.73. The van der Waals surface area contributed by atoms with E-state index < -0.39 is 0 Å². The fourth-order valence-corrected chi connectivity index (χ4v) is 3.81. The fourth-order valence-electron chi connectivity index (χ4n) is 3.15. The lowest BCUT2D eigenvalue weighted by Crippen LogP contribution is -2.52. The summed E-state index contributed by atoms with van der Waals surface area (Å²) in [6.45, 7) is 1.94. The Bertz CT molecular complexity index is 503. The van der Waals surface area contributed by atoms with E-state index in [9.17, 15) is 9.59 Å². The summed E-state index contributed by atoms with van der Waals surface area (Å²) >= 11 is 1.40. The number of thiophene rings is 1. The van der Waals surface area contributed by atoms with E-state index in [4.69, 9.17) is 4.74 Å². The van der Waals surface area contributed by atoms with Gasteiger partial charge in [0.15, 0.2) is 5.78 Å². The Balaban J connectivity index is 1.46. The van der Waals surface area contributed by atoms with Crippen LogP contribution in [0.4, 0.5) is 0 Å². The highest BCUT2D eigenvalue weighted by molar-refractivity contribution is 7.12. The van der Waals surface area contributed by atoms with Gasteiger partial charge in [-0.25, -0.2) is 0 Å². The molecule has 3 rings (SSSR count). The van der Waals surface area contributed by atoms with Crippen molar-refractivity contribution in [3.05, 3.63) is 22.4 Å². The molecule has 1 saturated carbocycles. The van der Waals surface area contributed by atoms with Crippen LogP contribution >= 0.6 is 11.3 Å². The molecule has 1 aliphatic heterocycles. The van der Waals surface area contributed by atoms with E-state index in [1.54, 1.807) is 6.07 Å². The number of hydrogen-bond acceptors (Lipinski definition) is 5. The molecule has 21 heavy (non-hydrogen) atoms. The Morgan fingerprint density at radius 3 is 3.14 bits per heavy atom. The molecule has 1 saturated heterocycles. The van der Waals surface area contributed by atoms with Crippen LogP contribution in [0.5, 0.6) is 0 Å². The zero-order chi connectivity index (χ0) is 14.7. The Morgan fingerprint density at radius 2 is 2.33 bits per heavy atom. The minimum Gasteiger partial charge on any atom is -0.375 e. The molecule has 0 spiro atoms. The van der Waals surface area contributed by atoms with Gasteiger partial charge >= 0.3 is 0 Å². The average molecular weight is 308 g/mol. The van der Waals surface area contributed by atoms with Crippen LogP contribution in [0.2, 0.25) is 0 Å². The maximum atomic E-state index is 12.0. The van der Waals surface area contributed by atoms with Gasteiger partial charge in [0, 0.05) is 12.6 Å². The van der Waals surface area contributed by atoms with Crippen molar-refractivity contribution < 1.29 is 14.3 Å². The molecule has 1 aliphatic carbocycles. The van der Waals surface area contributed by atoms with Crippen molar-refractivity contribution in [1.29, 1.82) is 0 Å². The summed E-state index contributed by atoms with van der Waals surface area (Å²) in [5.41, 5.74) is 0. The van der Waals surface area contributed by atoms with Gasteiger partial charge in [-0.1, -0.05) is 6.07 Å². The molecule has 0 bridgehead atoms. The molecular formula is C15H20N2O3S. The van der Waals surface area contributed by atoms with Gasteiger partial charge in [-0.2, -0.15) is 0 Å². The molecule has 0 radical (unpaired) electrons. The van der Waals surface area contributed by atoms with Crippen molar-refractivity contribution >= 4 is 23.0 Å². The number of amides is 1. The summed E-state index contributed by atoms with van der Waals surface area (Å²) in [5, 5.41) is 4.60. The first kappa shape index (κ1) is 14.7. The van der Waals surface area contributed by atoms with E-state index in [1.165, 1.54) is 17.8 Å². The number of rotatable bonds is 5. The van der Waals surface area contributed by atoms with E-state index in [-0.39, 0.29) is 18.2 Å². The molecule has 2 atom stereocenters. The highest BCUT2D eigenvalue weighted by Gasteiger charge is 2.36. The van der Waals surface area contributed by atoms with Gasteiger partial charge in [-0.05, 0) is 30.7 Å². The lowest BCUT2D eigenvalue weighted by atomic mass is 10.1. The van der Waals surface area contributed by atoms with Gasteiger partial charge in [-0.3, -0.25) is 14.5 Å². The van der Waals surface area contributed by atoms with Crippen LogP contribution in [0.25, 0.3) is 0 Å². The molecule has 2 fully saturated rings. The number of Topliss-reactive ketones (excluding diaryl/α,β-unsaturated/α-hetero) is 1.